The number of carboxylic acid groups (broad SMARTS) is 1. The Morgan fingerprint density at radius 2 is 2.08 bits per heavy atom. The molecule has 0 bridgehead atoms. The van der Waals surface area contributed by atoms with Crippen LogP contribution in [-0.2, 0) is 4.79 Å². The molecular weight excluding hydrogens is 456 g/mol. The van der Waals surface area contributed by atoms with Crippen LogP contribution in [0, 0.1) is 23.7 Å². The van der Waals surface area contributed by atoms with Crippen LogP contribution in [0.25, 0.3) is 10.9 Å². The minimum Gasteiger partial charge on any atom is -0.497 e. The minimum absolute atomic E-state index is 0.150. The Morgan fingerprint density at radius 1 is 1.19 bits per heavy atom. The number of benzene rings is 1. The Bertz CT molecular complexity index is 1220. The van der Waals surface area contributed by atoms with E-state index in [2.05, 4.69) is 31.7 Å². The van der Waals surface area contributed by atoms with Crippen LogP contribution in [0.2, 0.25) is 0 Å². The quantitative estimate of drug-likeness (QED) is 0.439. The van der Waals surface area contributed by atoms with Gasteiger partial charge in [-0.1, -0.05) is 5.92 Å². The number of ether oxygens (including phenoxy) is 1. The molecule has 0 amide bonds. The molecule has 1 aromatic carbocycles. The molecule has 4 rings (SSSR count). The summed E-state index contributed by atoms with van der Waals surface area (Å²) in [6.45, 7) is 2.31. The lowest BCUT2D eigenvalue weighted by Crippen LogP contribution is -2.41. The number of methoxy groups -OCH3 is 1. The van der Waals surface area contributed by atoms with E-state index in [4.69, 9.17) is 4.74 Å². The number of fused-ring (bicyclic) bond motifs is 1. The van der Waals surface area contributed by atoms with E-state index in [9.17, 15) is 15.0 Å². The van der Waals surface area contributed by atoms with E-state index >= 15 is 0 Å². The predicted molar refractivity (Wildman–Crippen MR) is 136 cm³/mol. The van der Waals surface area contributed by atoms with Crippen molar-refractivity contribution in [3.63, 3.8) is 0 Å². The number of aliphatic hydroxyl groups is 1. The molecule has 1 aliphatic rings. The maximum Gasteiger partial charge on any atom is 0.303 e. The van der Waals surface area contributed by atoms with E-state index in [1.165, 1.54) is 0 Å². The van der Waals surface area contributed by atoms with E-state index in [1.807, 2.05) is 24.3 Å². The summed E-state index contributed by atoms with van der Waals surface area (Å²) in [5, 5.41) is 21.3. The van der Waals surface area contributed by atoms with Crippen LogP contribution in [0.5, 0.6) is 5.75 Å². The number of carboxylic acids is 1. The number of aliphatic carboxylic acids is 1. The van der Waals surface area contributed by atoms with Crippen LogP contribution >= 0.6 is 0 Å². The number of carbonyl (C=O) groups is 1. The molecule has 1 saturated heterocycles. The van der Waals surface area contributed by atoms with Crippen LogP contribution in [0.1, 0.15) is 49.5 Å². The second-order valence-corrected chi connectivity index (χ2v) is 9.25. The molecule has 1 unspecified atom stereocenters. The zero-order valence-electron chi connectivity index (χ0n) is 20.5. The summed E-state index contributed by atoms with van der Waals surface area (Å²) >= 11 is 0. The molecule has 0 radical (unpaired) electrons. The lowest BCUT2D eigenvalue weighted by Gasteiger charge is -2.38. The molecule has 1 fully saturated rings. The summed E-state index contributed by atoms with van der Waals surface area (Å²) in [6, 6.07) is 7.54. The van der Waals surface area contributed by atoms with Gasteiger partial charge in [0.2, 0.25) is 0 Å². The third-order valence-corrected chi connectivity index (χ3v) is 6.94. The van der Waals surface area contributed by atoms with Gasteiger partial charge in [-0.3, -0.25) is 19.7 Å². The largest absolute Gasteiger partial charge is 0.497 e. The molecule has 188 valence electrons. The topological polar surface area (TPSA) is 109 Å². The highest BCUT2D eigenvalue weighted by Crippen LogP contribution is 2.35. The molecule has 0 saturated carbocycles. The van der Waals surface area contributed by atoms with Gasteiger partial charge in [0.25, 0.3) is 0 Å². The van der Waals surface area contributed by atoms with Gasteiger partial charge < -0.3 is 14.9 Å². The molecule has 8 heteroatoms. The SMILES string of the molecule is COc1ccc2nccc(C(O)CC[C@@H]3CCN(CC#Cc4cnccn4)C[C@@H]3CCC(=O)O)c2c1. The van der Waals surface area contributed by atoms with Gasteiger partial charge in [0.05, 0.1) is 31.5 Å². The highest BCUT2D eigenvalue weighted by atomic mass is 16.5. The first-order valence-electron chi connectivity index (χ1n) is 12.3. The molecule has 2 aromatic heterocycles. The van der Waals surface area contributed by atoms with Gasteiger partial charge in [0.15, 0.2) is 0 Å². The zero-order chi connectivity index (χ0) is 25.3. The number of hydrogen-bond acceptors (Lipinski definition) is 7. The van der Waals surface area contributed by atoms with Crippen LogP contribution in [0.3, 0.4) is 0 Å². The molecule has 36 heavy (non-hydrogen) atoms. The average molecular weight is 489 g/mol. The molecule has 1 aliphatic heterocycles. The summed E-state index contributed by atoms with van der Waals surface area (Å²) in [5.74, 6) is 6.77. The third kappa shape index (κ3) is 6.78. The first kappa shape index (κ1) is 25.5. The normalized spacial score (nSPS) is 18.8. The van der Waals surface area contributed by atoms with Gasteiger partial charge in [-0.2, -0.15) is 0 Å². The number of piperidine rings is 1. The summed E-state index contributed by atoms with van der Waals surface area (Å²) in [7, 11) is 1.62. The van der Waals surface area contributed by atoms with E-state index in [1.54, 1.807) is 31.9 Å². The monoisotopic (exact) mass is 488 g/mol. The number of nitrogens with zero attached hydrogens (tertiary/aromatic N) is 4. The molecule has 2 N–H and O–H groups in total. The first-order valence-corrected chi connectivity index (χ1v) is 12.3. The van der Waals surface area contributed by atoms with Crippen LogP contribution in [-0.4, -0.2) is 62.8 Å². The maximum atomic E-state index is 11.3. The Hall–Kier alpha value is -3.54. The van der Waals surface area contributed by atoms with Gasteiger partial charge in [0, 0.05) is 36.9 Å². The first-order chi connectivity index (χ1) is 17.5. The van der Waals surface area contributed by atoms with Crippen molar-refractivity contribution in [2.24, 2.45) is 11.8 Å². The average Bonchev–Trinajstić information content (AvgIpc) is 2.91. The van der Waals surface area contributed by atoms with E-state index in [-0.39, 0.29) is 12.3 Å². The molecule has 8 nitrogen and oxygen atoms in total. The highest BCUT2D eigenvalue weighted by molar-refractivity contribution is 5.83. The van der Waals surface area contributed by atoms with Crippen LogP contribution in [0.15, 0.2) is 49.1 Å². The van der Waals surface area contributed by atoms with Crippen molar-refractivity contribution in [1.29, 1.82) is 0 Å². The van der Waals surface area contributed by atoms with E-state index in [0.29, 0.717) is 31.0 Å². The molecule has 3 atom stereocenters. The standard InChI is InChI=1S/C28H32N4O4/c1-36-23-6-7-26-25(17-23)24(10-12-31-26)27(33)8-4-20-11-16-32(19-21(20)5-9-28(34)35)15-2-3-22-18-29-13-14-30-22/h6-7,10,12-14,17-18,20-21,27,33H,4-5,8-9,11,15-16,19H2,1H3,(H,34,35)/t20-,21+,27?/m1/s1. The second kappa shape index (κ2) is 12.4. The van der Waals surface area contributed by atoms with Gasteiger partial charge in [-0.25, -0.2) is 4.98 Å². The van der Waals surface area contributed by atoms with Gasteiger partial charge >= 0.3 is 5.97 Å². The van der Waals surface area contributed by atoms with Crippen LogP contribution in [0.4, 0.5) is 0 Å². The second-order valence-electron chi connectivity index (χ2n) is 9.25. The maximum absolute atomic E-state index is 11.3. The van der Waals surface area contributed by atoms with Crippen LogP contribution < -0.4 is 4.74 Å². The minimum atomic E-state index is -0.773. The molecule has 0 aliphatic carbocycles. The van der Waals surface area contributed by atoms with Crippen molar-refractivity contribution in [1.82, 2.24) is 19.9 Å². The van der Waals surface area contributed by atoms with E-state index < -0.39 is 12.1 Å². The number of likely N-dealkylation sites (tertiary alicyclic amines) is 1. The van der Waals surface area contributed by atoms with Crippen molar-refractivity contribution < 1.29 is 19.7 Å². The lowest BCUT2D eigenvalue weighted by molar-refractivity contribution is -0.137. The number of aliphatic hydroxyl groups excluding tert-OH is 1. The fourth-order valence-electron chi connectivity index (χ4n) is 5.01. The molecule has 3 heterocycles. The molecule has 0 spiro atoms. The van der Waals surface area contributed by atoms with Crippen molar-refractivity contribution in [3.05, 3.63) is 60.3 Å². The fraction of sp³-hybridized carbons (Fsp3) is 0.429. The summed E-state index contributed by atoms with van der Waals surface area (Å²) in [5.41, 5.74) is 2.31. The lowest BCUT2D eigenvalue weighted by atomic mass is 9.79. The Balaban J connectivity index is 1.39. The highest BCUT2D eigenvalue weighted by Gasteiger charge is 2.29. The Morgan fingerprint density at radius 3 is 2.86 bits per heavy atom. The number of hydrogen-bond donors (Lipinski definition) is 2. The van der Waals surface area contributed by atoms with Gasteiger partial charge in [0.1, 0.15) is 11.4 Å². The van der Waals surface area contributed by atoms with Crippen molar-refractivity contribution in [2.75, 3.05) is 26.7 Å². The van der Waals surface area contributed by atoms with Gasteiger partial charge in [-0.05, 0) is 79.8 Å². The van der Waals surface area contributed by atoms with Crippen molar-refractivity contribution in [2.45, 2.75) is 38.2 Å². The molecular formula is C28H32N4O4. The molecule has 3 aromatic rings. The van der Waals surface area contributed by atoms with Crippen molar-refractivity contribution >= 4 is 16.9 Å². The smallest absolute Gasteiger partial charge is 0.303 e. The third-order valence-electron chi connectivity index (χ3n) is 6.94. The summed E-state index contributed by atoms with van der Waals surface area (Å²) in [4.78, 5) is 26.2. The Kier molecular flexibility index (Phi) is 8.82. The number of aromatic nitrogens is 3. The number of pyridine rings is 1. The Labute approximate surface area is 211 Å². The summed E-state index contributed by atoms with van der Waals surface area (Å²) < 4.78 is 5.36. The van der Waals surface area contributed by atoms with Crippen molar-refractivity contribution in [3.8, 4) is 17.6 Å². The zero-order valence-corrected chi connectivity index (χ0v) is 20.5. The van der Waals surface area contributed by atoms with E-state index in [0.717, 1.165) is 48.1 Å². The fourth-order valence-corrected chi connectivity index (χ4v) is 5.01. The summed E-state index contributed by atoms with van der Waals surface area (Å²) in [6.07, 6.45) is 9.15. The number of rotatable bonds is 9. The van der Waals surface area contributed by atoms with Gasteiger partial charge in [-0.15, -0.1) is 0 Å². The predicted octanol–water partition coefficient (Wildman–Crippen LogP) is 3.70.